The Balaban J connectivity index is 0.00000156. The molecule has 0 radical (unpaired) electrons. The SMILES string of the molecule is C.CC[N+]1(CC)CC2C3C=CC(C2C1)C1C[N+](CC)(CC)CC31. The van der Waals surface area contributed by atoms with Gasteiger partial charge in [-0.3, -0.25) is 0 Å². The first-order valence-corrected chi connectivity index (χ1v) is 9.99. The number of hydrogen-bond acceptors (Lipinski definition) is 0. The topological polar surface area (TPSA) is 0 Å². The third-order valence-electron chi connectivity index (χ3n) is 8.71. The molecule has 3 fully saturated rings. The minimum absolute atomic E-state index is 0. The molecule has 0 amide bonds. The Morgan fingerprint density at radius 1 is 0.609 bits per heavy atom. The normalized spacial score (nSPS) is 44.7. The molecule has 0 aromatic heterocycles. The smallest absolute Gasteiger partial charge is 0.0826 e. The van der Waals surface area contributed by atoms with Crippen molar-refractivity contribution in [3.63, 3.8) is 0 Å². The summed E-state index contributed by atoms with van der Waals surface area (Å²) in [6, 6.07) is 0. The molecule has 2 bridgehead atoms. The second-order valence-electron chi connectivity index (χ2n) is 8.87. The number of allylic oxidation sites excluding steroid dienone is 2. The Bertz CT molecular complexity index is 390. The fourth-order valence-corrected chi connectivity index (χ4v) is 7.05. The van der Waals surface area contributed by atoms with Gasteiger partial charge < -0.3 is 8.97 Å². The third-order valence-corrected chi connectivity index (χ3v) is 8.71. The minimum atomic E-state index is 0. The summed E-state index contributed by atoms with van der Waals surface area (Å²) >= 11 is 0. The monoisotopic (exact) mass is 320 g/mol. The molecule has 2 aliphatic heterocycles. The van der Waals surface area contributed by atoms with Crippen LogP contribution in [0.25, 0.3) is 0 Å². The lowest BCUT2D eigenvalue weighted by Gasteiger charge is -2.45. The summed E-state index contributed by atoms with van der Waals surface area (Å²) in [5.41, 5.74) is 0. The first kappa shape index (κ1) is 17.5. The zero-order valence-corrected chi connectivity index (χ0v) is 15.2. The van der Waals surface area contributed by atoms with Crippen molar-refractivity contribution in [2.24, 2.45) is 35.5 Å². The lowest BCUT2D eigenvalue weighted by Crippen LogP contribution is -2.47. The van der Waals surface area contributed by atoms with Gasteiger partial charge in [0.1, 0.15) is 0 Å². The van der Waals surface area contributed by atoms with Crippen molar-refractivity contribution in [2.45, 2.75) is 35.1 Å². The summed E-state index contributed by atoms with van der Waals surface area (Å²) in [4.78, 5) is 0. The molecular formula is C21H40N2+2. The predicted molar refractivity (Wildman–Crippen MR) is 99.0 cm³/mol. The molecule has 0 aromatic rings. The summed E-state index contributed by atoms with van der Waals surface area (Å²) in [5.74, 6) is 5.84. The molecule has 2 nitrogen and oxygen atoms in total. The lowest BCUT2D eigenvalue weighted by molar-refractivity contribution is -0.918. The molecule has 4 unspecified atom stereocenters. The van der Waals surface area contributed by atoms with E-state index in [-0.39, 0.29) is 7.43 Å². The van der Waals surface area contributed by atoms with Gasteiger partial charge in [-0.1, -0.05) is 19.6 Å². The van der Waals surface area contributed by atoms with Crippen LogP contribution in [0.5, 0.6) is 0 Å². The molecule has 23 heavy (non-hydrogen) atoms. The molecule has 5 aliphatic rings. The van der Waals surface area contributed by atoms with E-state index >= 15 is 0 Å². The molecular weight excluding hydrogens is 280 g/mol. The van der Waals surface area contributed by atoms with E-state index in [4.69, 9.17) is 0 Å². The quantitative estimate of drug-likeness (QED) is 0.548. The lowest BCUT2D eigenvalue weighted by atomic mass is 9.55. The molecule has 3 aliphatic carbocycles. The van der Waals surface area contributed by atoms with Crippen molar-refractivity contribution in [1.29, 1.82) is 0 Å². The van der Waals surface area contributed by atoms with E-state index in [1.54, 1.807) is 0 Å². The van der Waals surface area contributed by atoms with E-state index in [9.17, 15) is 0 Å². The third kappa shape index (κ3) is 2.28. The van der Waals surface area contributed by atoms with Crippen molar-refractivity contribution in [2.75, 3.05) is 52.4 Å². The van der Waals surface area contributed by atoms with Gasteiger partial charge in [0.05, 0.1) is 52.4 Å². The molecule has 0 aromatic carbocycles. The van der Waals surface area contributed by atoms with E-state index in [0.717, 1.165) is 35.5 Å². The number of nitrogens with zero attached hydrogens (tertiary/aromatic N) is 2. The molecule has 1 saturated carbocycles. The van der Waals surface area contributed by atoms with Crippen LogP contribution in [0.2, 0.25) is 0 Å². The minimum Gasteiger partial charge on any atom is -0.324 e. The number of likely N-dealkylation sites (tertiary alicyclic amines) is 2. The Morgan fingerprint density at radius 2 is 0.870 bits per heavy atom. The highest BCUT2D eigenvalue weighted by Crippen LogP contribution is 2.58. The Labute approximate surface area is 144 Å². The molecule has 2 heterocycles. The average molecular weight is 321 g/mol. The van der Waals surface area contributed by atoms with Crippen molar-refractivity contribution < 1.29 is 8.97 Å². The van der Waals surface area contributed by atoms with E-state index < -0.39 is 0 Å². The highest BCUT2D eigenvalue weighted by Gasteiger charge is 2.63. The van der Waals surface area contributed by atoms with Crippen LogP contribution in [0.3, 0.4) is 0 Å². The highest BCUT2D eigenvalue weighted by atomic mass is 15.4. The maximum atomic E-state index is 2.67. The molecule has 0 spiro atoms. The molecule has 5 rings (SSSR count). The standard InChI is InChI=1S/C20H36N2.CH4/c1-5-21(6-2)11-17-15-9-10-16(18(17)12-21)20-14-22(7-3,8-4)13-19(15)20;/h9-10,15-20H,5-8,11-14H2,1-4H3;1H4/q+2;. The maximum Gasteiger partial charge on any atom is 0.0826 e. The number of rotatable bonds is 4. The Morgan fingerprint density at radius 3 is 1.09 bits per heavy atom. The maximum absolute atomic E-state index is 2.67. The van der Waals surface area contributed by atoms with Gasteiger partial charge in [0, 0.05) is 23.7 Å². The van der Waals surface area contributed by atoms with Gasteiger partial charge in [-0.15, -0.1) is 0 Å². The van der Waals surface area contributed by atoms with Crippen LogP contribution in [-0.2, 0) is 0 Å². The second kappa shape index (κ2) is 5.88. The van der Waals surface area contributed by atoms with Crippen molar-refractivity contribution in [3.8, 4) is 0 Å². The van der Waals surface area contributed by atoms with Gasteiger partial charge in [0.15, 0.2) is 0 Å². The van der Waals surface area contributed by atoms with E-state index in [1.165, 1.54) is 61.3 Å². The number of quaternary nitrogens is 2. The molecule has 0 N–H and O–H groups in total. The number of hydrogen-bond donors (Lipinski definition) is 0. The van der Waals surface area contributed by atoms with Gasteiger partial charge in [-0.25, -0.2) is 0 Å². The van der Waals surface area contributed by atoms with Crippen LogP contribution >= 0.6 is 0 Å². The van der Waals surface area contributed by atoms with Crippen LogP contribution in [0.1, 0.15) is 35.1 Å². The summed E-state index contributed by atoms with van der Waals surface area (Å²) in [7, 11) is 0. The second-order valence-corrected chi connectivity index (χ2v) is 8.87. The summed E-state index contributed by atoms with van der Waals surface area (Å²) in [6.07, 6.45) is 5.34. The fourth-order valence-electron chi connectivity index (χ4n) is 7.05. The molecule has 4 atom stereocenters. The van der Waals surface area contributed by atoms with Crippen molar-refractivity contribution in [3.05, 3.63) is 12.2 Å². The van der Waals surface area contributed by atoms with Gasteiger partial charge in [0.25, 0.3) is 0 Å². The first-order chi connectivity index (χ1) is 10.6. The first-order valence-electron chi connectivity index (χ1n) is 9.99. The van der Waals surface area contributed by atoms with E-state index in [2.05, 4.69) is 39.8 Å². The van der Waals surface area contributed by atoms with Gasteiger partial charge in [0.2, 0.25) is 0 Å². The van der Waals surface area contributed by atoms with Crippen LogP contribution in [0, 0.1) is 35.5 Å². The largest absolute Gasteiger partial charge is 0.324 e. The van der Waals surface area contributed by atoms with Gasteiger partial charge in [-0.2, -0.15) is 0 Å². The Kier molecular flexibility index (Phi) is 4.47. The van der Waals surface area contributed by atoms with Gasteiger partial charge in [-0.05, 0) is 39.5 Å². The van der Waals surface area contributed by atoms with Crippen LogP contribution in [0.15, 0.2) is 12.2 Å². The average Bonchev–Trinajstić information content (AvgIpc) is 3.16. The fraction of sp³-hybridized carbons (Fsp3) is 0.905. The summed E-state index contributed by atoms with van der Waals surface area (Å²) < 4.78 is 2.82. The Hall–Kier alpha value is -0.340. The molecule has 2 heteroatoms. The zero-order valence-electron chi connectivity index (χ0n) is 15.2. The van der Waals surface area contributed by atoms with E-state index in [1.807, 2.05) is 0 Å². The zero-order chi connectivity index (χ0) is 15.5. The predicted octanol–water partition coefficient (Wildman–Crippen LogP) is 3.64. The highest BCUT2D eigenvalue weighted by molar-refractivity contribution is 5.17. The van der Waals surface area contributed by atoms with Crippen LogP contribution in [0.4, 0.5) is 0 Å². The van der Waals surface area contributed by atoms with Gasteiger partial charge >= 0.3 is 0 Å². The summed E-state index contributed by atoms with van der Waals surface area (Å²) in [6.45, 7) is 21.0. The molecule has 132 valence electrons. The van der Waals surface area contributed by atoms with Crippen LogP contribution < -0.4 is 0 Å². The van der Waals surface area contributed by atoms with E-state index in [0.29, 0.717) is 0 Å². The molecule has 2 saturated heterocycles. The summed E-state index contributed by atoms with van der Waals surface area (Å²) in [5, 5.41) is 0. The van der Waals surface area contributed by atoms with Crippen LogP contribution in [-0.4, -0.2) is 61.3 Å². The van der Waals surface area contributed by atoms with Crippen molar-refractivity contribution in [1.82, 2.24) is 0 Å². The van der Waals surface area contributed by atoms with Crippen molar-refractivity contribution >= 4 is 0 Å².